The van der Waals surface area contributed by atoms with Crippen molar-refractivity contribution in [3.63, 3.8) is 0 Å². The molecular formula is C20H30N3O2+. The number of nitroso groups, excluding NO2 is 1. The van der Waals surface area contributed by atoms with E-state index < -0.39 is 0 Å². The molecule has 136 valence electrons. The summed E-state index contributed by atoms with van der Waals surface area (Å²) in [6.45, 7) is 5.43. The Hall–Kier alpha value is -1.75. The minimum Gasteiger partial charge on any atom is -0.291 e. The van der Waals surface area contributed by atoms with Crippen LogP contribution in [-0.4, -0.2) is 17.2 Å². The number of benzene rings is 1. The van der Waals surface area contributed by atoms with Crippen molar-refractivity contribution in [2.24, 2.45) is 11.8 Å². The number of hydrogen-bond donors (Lipinski definition) is 2. The molecule has 1 unspecified atom stereocenters. The Morgan fingerprint density at radius 3 is 2.84 bits per heavy atom. The molecule has 1 atom stereocenters. The molecule has 1 aromatic rings. The molecule has 0 radical (unpaired) electrons. The Kier molecular flexibility index (Phi) is 5.84. The highest BCUT2D eigenvalue weighted by molar-refractivity contribution is 5.75. The van der Waals surface area contributed by atoms with E-state index in [1.807, 2.05) is 0 Å². The maximum absolute atomic E-state index is 12.2. The van der Waals surface area contributed by atoms with Gasteiger partial charge < -0.3 is 0 Å². The van der Waals surface area contributed by atoms with Crippen molar-refractivity contribution in [1.29, 1.82) is 0 Å². The van der Waals surface area contributed by atoms with Gasteiger partial charge in [0, 0.05) is 41.0 Å². The van der Waals surface area contributed by atoms with Crippen LogP contribution in [-0.2, 0) is 17.8 Å². The monoisotopic (exact) mass is 344 g/mol. The molecule has 1 amide bonds. The summed E-state index contributed by atoms with van der Waals surface area (Å²) in [5.41, 5.74) is 9.44. The fraction of sp³-hybridized carbons (Fsp3) is 0.650. The van der Waals surface area contributed by atoms with E-state index in [1.54, 1.807) is 0 Å². The van der Waals surface area contributed by atoms with E-state index in [2.05, 4.69) is 42.9 Å². The van der Waals surface area contributed by atoms with E-state index in [0.717, 1.165) is 30.7 Å². The van der Waals surface area contributed by atoms with E-state index in [1.165, 1.54) is 28.7 Å². The zero-order chi connectivity index (χ0) is 17.8. The lowest BCUT2D eigenvalue weighted by atomic mass is 9.89. The van der Waals surface area contributed by atoms with Crippen LogP contribution >= 0.6 is 0 Å². The Morgan fingerprint density at radius 1 is 1.32 bits per heavy atom. The van der Waals surface area contributed by atoms with Gasteiger partial charge >= 0.3 is 0 Å². The summed E-state index contributed by atoms with van der Waals surface area (Å²) in [7, 11) is 0. The highest BCUT2D eigenvalue weighted by Gasteiger charge is 2.38. The molecular weight excluding hydrogens is 314 g/mol. The van der Waals surface area contributed by atoms with Gasteiger partial charge in [0.15, 0.2) is 6.54 Å². The van der Waals surface area contributed by atoms with Crippen LogP contribution in [0.25, 0.3) is 0 Å². The van der Waals surface area contributed by atoms with Gasteiger partial charge in [-0.1, -0.05) is 32.0 Å². The van der Waals surface area contributed by atoms with E-state index in [4.69, 9.17) is 0 Å². The maximum Gasteiger partial charge on any atom is 0.234 e. The quantitative estimate of drug-likeness (QED) is 0.561. The van der Waals surface area contributed by atoms with Crippen LogP contribution in [0.1, 0.15) is 68.7 Å². The zero-order valence-electron chi connectivity index (χ0n) is 15.4. The first-order chi connectivity index (χ1) is 12.0. The number of nitrogens with one attached hydrogen (secondary N) is 2. The van der Waals surface area contributed by atoms with Gasteiger partial charge in [0.05, 0.1) is 0 Å². The number of hydrogen-bond acceptors (Lipinski definition) is 3. The normalized spacial score (nSPS) is 19.8. The topological polar surface area (TPSA) is 61.2 Å². The van der Waals surface area contributed by atoms with Crippen LogP contribution in [0.15, 0.2) is 18.2 Å². The highest BCUT2D eigenvalue weighted by Crippen LogP contribution is 2.41. The van der Waals surface area contributed by atoms with Gasteiger partial charge in [0.1, 0.15) is 0 Å². The third-order valence-corrected chi connectivity index (χ3v) is 5.24. The van der Waals surface area contributed by atoms with Crippen LogP contribution in [0.2, 0.25) is 0 Å². The molecule has 1 aromatic carbocycles. The third kappa shape index (κ3) is 5.11. The molecule has 0 saturated heterocycles. The molecule has 0 aromatic heterocycles. The second-order valence-electron chi connectivity index (χ2n) is 7.95. The molecule has 5 heteroatoms. The number of carbonyl (C=O) groups excluding carboxylic acids is 1. The summed E-state index contributed by atoms with van der Waals surface area (Å²) < 4.78 is 1.27. The summed E-state index contributed by atoms with van der Waals surface area (Å²) in [6.07, 6.45) is 5.82. The predicted molar refractivity (Wildman–Crippen MR) is 97.8 cm³/mol. The van der Waals surface area contributed by atoms with Crippen molar-refractivity contribution < 1.29 is 9.55 Å². The molecule has 0 spiro atoms. The van der Waals surface area contributed by atoms with E-state index in [0.29, 0.717) is 25.4 Å². The lowest BCUT2D eigenvalue weighted by molar-refractivity contribution is -0.597. The average molecular weight is 344 g/mol. The first kappa shape index (κ1) is 18.1. The molecule has 1 saturated carbocycles. The van der Waals surface area contributed by atoms with Gasteiger partial charge in [0.2, 0.25) is 11.9 Å². The highest BCUT2D eigenvalue weighted by atomic mass is 16.3. The van der Waals surface area contributed by atoms with Crippen molar-refractivity contribution in [3.05, 3.63) is 39.8 Å². The van der Waals surface area contributed by atoms with Gasteiger partial charge in [-0.2, -0.15) is 0 Å². The molecule has 0 bridgehead atoms. The Morgan fingerprint density at radius 2 is 2.12 bits per heavy atom. The van der Waals surface area contributed by atoms with Gasteiger partial charge in [-0.25, -0.2) is 5.43 Å². The van der Waals surface area contributed by atoms with Crippen molar-refractivity contribution >= 4 is 5.91 Å². The summed E-state index contributed by atoms with van der Waals surface area (Å²) in [6, 6.07) is 6.42. The number of rotatable bonds is 8. The Bertz CT molecular complexity index is 638. The maximum atomic E-state index is 12.2. The van der Waals surface area contributed by atoms with Crippen molar-refractivity contribution in [2.75, 3.05) is 6.54 Å². The van der Waals surface area contributed by atoms with E-state index in [-0.39, 0.29) is 11.9 Å². The third-order valence-electron chi connectivity index (χ3n) is 5.24. The van der Waals surface area contributed by atoms with Crippen LogP contribution in [0.3, 0.4) is 0 Å². The zero-order valence-corrected chi connectivity index (χ0v) is 15.4. The SMILES string of the molecule is CC(C)CCC(=O)NNCc1ccc2c(c1)CC[N+](=O)C2CC1CC1. The van der Waals surface area contributed by atoms with Crippen LogP contribution < -0.4 is 10.9 Å². The fourth-order valence-corrected chi connectivity index (χ4v) is 3.49. The minimum atomic E-state index is 0.0361. The molecule has 1 aliphatic heterocycles. The van der Waals surface area contributed by atoms with Crippen LogP contribution in [0.5, 0.6) is 0 Å². The minimum absolute atomic E-state index is 0.0361. The largest absolute Gasteiger partial charge is 0.291 e. The summed E-state index contributed by atoms with van der Waals surface area (Å²) in [5.74, 6) is 1.32. The summed E-state index contributed by atoms with van der Waals surface area (Å²) in [5, 5.41) is 0. The Labute approximate surface area is 150 Å². The molecule has 2 N–H and O–H groups in total. The Balaban J connectivity index is 1.54. The van der Waals surface area contributed by atoms with Crippen molar-refractivity contribution in [2.45, 2.75) is 65.0 Å². The van der Waals surface area contributed by atoms with Crippen molar-refractivity contribution in [1.82, 2.24) is 10.9 Å². The molecule has 1 fully saturated rings. The number of amides is 1. The second-order valence-corrected chi connectivity index (χ2v) is 7.95. The molecule has 5 nitrogen and oxygen atoms in total. The molecule has 3 rings (SSSR count). The first-order valence-electron chi connectivity index (χ1n) is 9.60. The van der Waals surface area contributed by atoms with Crippen LogP contribution in [0, 0.1) is 16.7 Å². The van der Waals surface area contributed by atoms with Gasteiger partial charge in [-0.3, -0.25) is 10.2 Å². The predicted octanol–water partition coefficient (Wildman–Crippen LogP) is 3.42. The van der Waals surface area contributed by atoms with E-state index >= 15 is 0 Å². The number of fused-ring (bicyclic) bond motifs is 1. The van der Waals surface area contributed by atoms with Gasteiger partial charge in [-0.05, 0) is 42.2 Å². The van der Waals surface area contributed by atoms with Gasteiger partial charge in [0.25, 0.3) is 0 Å². The number of hydrazine groups is 1. The lowest BCUT2D eigenvalue weighted by Gasteiger charge is -2.20. The second kappa shape index (κ2) is 8.09. The molecule has 1 heterocycles. The first-order valence-corrected chi connectivity index (χ1v) is 9.60. The van der Waals surface area contributed by atoms with Crippen LogP contribution in [0.4, 0.5) is 0 Å². The number of carbonyl (C=O) groups is 1. The van der Waals surface area contributed by atoms with E-state index in [9.17, 15) is 9.70 Å². The smallest absolute Gasteiger partial charge is 0.234 e. The molecule has 25 heavy (non-hydrogen) atoms. The van der Waals surface area contributed by atoms with Crippen molar-refractivity contribution in [3.8, 4) is 0 Å². The molecule has 1 aliphatic carbocycles. The standard InChI is InChI=1S/C20H29N3O2/c1-14(2)3-8-20(24)22-21-13-16-6-7-18-17(11-16)9-10-23(25)19(18)12-15-4-5-15/h6-7,11,14-15,19,21H,3-5,8-10,12-13H2,1-2H3/p+1. The molecule has 2 aliphatic rings. The summed E-state index contributed by atoms with van der Waals surface area (Å²) in [4.78, 5) is 24.0. The summed E-state index contributed by atoms with van der Waals surface area (Å²) >= 11 is 0. The van der Waals surface area contributed by atoms with Gasteiger partial charge in [-0.15, -0.1) is 0 Å². The number of nitrogens with zero attached hydrogens (tertiary/aromatic N) is 1. The average Bonchev–Trinajstić information content (AvgIpc) is 3.40. The fourth-order valence-electron chi connectivity index (χ4n) is 3.49. The lowest BCUT2D eigenvalue weighted by Crippen LogP contribution is -2.36.